The van der Waals surface area contributed by atoms with E-state index in [2.05, 4.69) is 17.1 Å². The average Bonchev–Trinajstić information content (AvgIpc) is 2.98. The molecule has 0 radical (unpaired) electrons. The van der Waals surface area contributed by atoms with Crippen LogP contribution in [0.1, 0.15) is 32.6 Å². The van der Waals surface area contributed by atoms with Crippen LogP contribution < -0.4 is 4.90 Å². The first-order chi connectivity index (χ1) is 14.2. The molecule has 29 heavy (non-hydrogen) atoms. The molecule has 3 heterocycles. The van der Waals surface area contributed by atoms with Crippen molar-refractivity contribution in [2.45, 2.75) is 38.6 Å². The summed E-state index contributed by atoms with van der Waals surface area (Å²) < 4.78 is 0. The van der Waals surface area contributed by atoms with Gasteiger partial charge in [-0.2, -0.15) is 0 Å². The molecule has 1 aliphatic carbocycles. The van der Waals surface area contributed by atoms with Gasteiger partial charge in [-0.15, -0.1) is 0 Å². The number of hydrogen-bond donors (Lipinski definition) is 0. The summed E-state index contributed by atoms with van der Waals surface area (Å²) in [6.45, 7) is 4.61. The molecule has 3 amide bonds. The molecule has 2 atom stereocenters. The largest absolute Gasteiger partial charge is 0.336 e. The molecule has 5 rings (SSSR count). The lowest BCUT2D eigenvalue weighted by Crippen LogP contribution is -2.49. The van der Waals surface area contributed by atoms with Crippen molar-refractivity contribution in [1.82, 2.24) is 9.80 Å². The quantitative estimate of drug-likeness (QED) is 0.577. The van der Waals surface area contributed by atoms with Crippen molar-refractivity contribution in [2.24, 2.45) is 5.92 Å². The van der Waals surface area contributed by atoms with Crippen LogP contribution in [0.2, 0.25) is 0 Å². The fourth-order valence-corrected chi connectivity index (χ4v) is 5.36. The van der Waals surface area contributed by atoms with Crippen LogP contribution in [0.3, 0.4) is 0 Å². The molecule has 4 aliphatic rings. The van der Waals surface area contributed by atoms with E-state index in [1.165, 1.54) is 42.8 Å². The zero-order chi connectivity index (χ0) is 20.0. The minimum atomic E-state index is -0.265. The minimum Gasteiger partial charge on any atom is -0.296 e. The van der Waals surface area contributed by atoms with E-state index in [1.54, 1.807) is 4.90 Å². The third kappa shape index (κ3) is 3.04. The van der Waals surface area contributed by atoms with Crippen LogP contribution in [-0.4, -0.2) is 47.4 Å². The first kappa shape index (κ1) is 18.4. The Balaban J connectivity index is 1.55. The summed E-state index contributed by atoms with van der Waals surface area (Å²) in [5.74, 6) is 0.298. The third-order valence-corrected chi connectivity index (χ3v) is 6.59. The van der Waals surface area contributed by atoms with E-state index in [4.69, 9.17) is 0 Å². The molecule has 1 aromatic rings. The maximum atomic E-state index is 13.0. The van der Waals surface area contributed by atoms with Crippen molar-refractivity contribution in [3.8, 4) is 0 Å². The molecule has 0 aromatic heterocycles. The van der Waals surface area contributed by atoms with Gasteiger partial charge in [-0.25, -0.2) is 4.79 Å². The second kappa shape index (κ2) is 7.30. The van der Waals surface area contributed by atoms with Crippen LogP contribution in [-0.2, 0) is 4.79 Å². The standard InChI is InChI=1S/C24H27N3O2/c1-2-26-23(28)21(27(24(26)29)20-10-4-3-5-11-20)16-17-14-18-8-6-12-25-13-7-9-19(15-17)22(18)25/h3-5,10-11,14-16,18,22H,2,6-9,12-13H2,1H3/b21-16+. The van der Waals surface area contributed by atoms with Gasteiger partial charge in [0.25, 0.3) is 5.91 Å². The maximum Gasteiger partial charge on any atom is 0.336 e. The van der Waals surface area contributed by atoms with Crippen molar-refractivity contribution in [3.63, 3.8) is 0 Å². The van der Waals surface area contributed by atoms with Gasteiger partial charge in [0.15, 0.2) is 0 Å². The van der Waals surface area contributed by atoms with Gasteiger partial charge in [-0.05, 0) is 75.4 Å². The summed E-state index contributed by atoms with van der Waals surface area (Å²) in [7, 11) is 0. The Hall–Kier alpha value is -2.66. The summed E-state index contributed by atoms with van der Waals surface area (Å²) in [4.78, 5) is 31.5. The van der Waals surface area contributed by atoms with E-state index in [1.807, 2.05) is 43.3 Å². The second-order valence-electron chi connectivity index (χ2n) is 8.31. The number of rotatable bonds is 3. The molecular weight excluding hydrogens is 362 g/mol. The molecule has 5 nitrogen and oxygen atoms in total. The molecule has 3 aliphatic heterocycles. The molecule has 0 bridgehead atoms. The van der Waals surface area contributed by atoms with Gasteiger partial charge in [0.1, 0.15) is 5.70 Å². The molecule has 2 unspecified atom stereocenters. The normalized spacial score (nSPS) is 28.5. The molecule has 3 fully saturated rings. The van der Waals surface area contributed by atoms with Crippen LogP contribution in [0.15, 0.2) is 65.4 Å². The topological polar surface area (TPSA) is 43.9 Å². The fourth-order valence-electron chi connectivity index (χ4n) is 5.36. The van der Waals surface area contributed by atoms with Gasteiger partial charge in [0, 0.05) is 12.6 Å². The van der Waals surface area contributed by atoms with Gasteiger partial charge < -0.3 is 0 Å². The summed E-state index contributed by atoms with van der Waals surface area (Å²) in [6, 6.07) is 9.73. The number of carbonyl (C=O) groups is 2. The van der Waals surface area contributed by atoms with Crippen LogP contribution in [0.25, 0.3) is 0 Å². The first-order valence-electron chi connectivity index (χ1n) is 10.8. The number of urea groups is 1. The van der Waals surface area contributed by atoms with Crippen LogP contribution in [0.4, 0.5) is 10.5 Å². The minimum absolute atomic E-state index is 0.211. The predicted molar refractivity (Wildman–Crippen MR) is 113 cm³/mol. The Morgan fingerprint density at radius 3 is 2.69 bits per heavy atom. The number of allylic oxidation sites excluding steroid dienone is 3. The lowest BCUT2D eigenvalue weighted by Gasteiger charge is -2.46. The molecule has 1 aromatic carbocycles. The Kier molecular flexibility index (Phi) is 4.63. The average molecular weight is 389 g/mol. The molecule has 3 saturated heterocycles. The van der Waals surface area contributed by atoms with E-state index in [9.17, 15) is 9.59 Å². The van der Waals surface area contributed by atoms with Gasteiger partial charge in [-0.1, -0.05) is 35.9 Å². The number of para-hydroxylation sites is 1. The van der Waals surface area contributed by atoms with Crippen LogP contribution in [0, 0.1) is 5.92 Å². The summed E-state index contributed by atoms with van der Waals surface area (Å²) in [5, 5.41) is 0. The van der Waals surface area contributed by atoms with E-state index < -0.39 is 0 Å². The summed E-state index contributed by atoms with van der Waals surface area (Å²) in [5.41, 5.74) is 3.75. The third-order valence-electron chi connectivity index (χ3n) is 6.59. The van der Waals surface area contributed by atoms with Crippen molar-refractivity contribution in [3.05, 3.63) is 65.4 Å². The SMILES string of the molecule is CCN1C(=O)/C(=C\C2=CC3CCCN4CCCC(=C2)C34)N(c2ccccc2)C1=O. The van der Waals surface area contributed by atoms with Gasteiger partial charge in [-0.3, -0.25) is 19.5 Å². The highest BCUT2D eigenvalue weighted by Crippen LogP contribution is 2.40. The molecule has 150 valence electrons. The number of hydrogen-bond acceptors (Lipinski definition) is 3. The predicted octanol–water partition coefficient (Wildman–Crippen LogP) is 4.10. The Labute approximate surface area is 172 Å². The number of piperidine rings is 2. The van der Waals surface area contributed by atoms with Crippen molar-refractivity contribution >= 4 is 17.6 Å². The first-order valence-corrected chi connectivity index (χ1v) is 10.8. The summed E-state index contributed by atoms with van der Waals surface area (Å²) in [6.07, 6.45) is 11.3. The van der Waals surface area contributed by atoms with Gasteiger partial charge >= 0.3 is 6.03 Å². The lowest BCUT2D eigenvalue weighted by molar-refractivity contribution is -0.122. The number of benzene rings is 1. The molecule has 5 heteroatoms. The van der Waals surface area contributed by atoms with E-state index >= 15 is 0 Å². The number of likely N-dealkylation sites (N-methyl/N-ethyl adjacent to an activating group) is 1. The van der Waals surface area contributed by atoms with Crippen molar-refractivity contribution in [1.29, 1.82) is 0 Å². The highest BCUT2D eigenvalue weighted by Gasteiger charge is 2.42. The number of nitrogens with zero attached hydrogens (tertiary/aromatic N) is 3. The zero-order valence-corrected chi connectivity index (χ0v) is 16.9. The number of carbonyl (C=O) groups excluding carboxylic acids is 2. The molecule has 0 spiro atoms. The van der Waals surface area contributed by atoms with Crippen LogP contribution >= 0.6 is 0 Å². The van der Waals surface area contributed by atoms with Crippen molar-refractivity contribution < 1.29 is 9.59 Å². The van der Waals surface area contributed by atoms with Crippen LogP contribution in [0.5, 0.6) is 0 Å². The van der Waals surface area contributed by atoms with E-state index in [-0.39, 0.29) is 11.9 Å². The highest BCUT2D eigenvalue weighted by atomic mass is 16.2. The summed E-state index contributed by atoms with van der Waals surface area (Å²) >= 11 is 0. The smallest absolute Gasteiger partial charge is 0.296 e. The maximum absolute atomic E-state index is 13.0. The molecular formula is C24H27N3O2. The van der Waals surface area contributed by atoms with Gasteiger partial charge in [0.2, 0.25) is 0 Å². The van der Waals surface area contributed by atoms with Gasteiger partial charge in [0.05, 0.1) is 5.69 Å². The number of anilines is 1. The highest BCUT2D eigenvalue weighted by molar-refractivity contribution is 6.21. The molecule has 0 saturated carbocycles. The zero-order valence-electron chi connectivity index (χ0n) is 16.9. The monoisotopic (exact) mass is 389 g/mol. The second-order valence-corrected chi connectivity index (χ2v) is 8.31. The fraction of sp³-hybridized carbons (Fsp3) is 0.417. The Morgan fingerprint density at radius 2 is 1.90 bits per heavy atom. The Morgan fingerprint density at radius 1 is 1.10 bits per heavy atom. The lowest BCUT2D eigenvalue weighted by atomic mass is 9.76. The number of amides is 3. The Bertz CT molecular complexity index is 929. The molecule has 0 N–H and O–H groups in total. The van der Waals surface area contributed by atoms with E-state index in [0.717, 1.165) is 17.7 Å². The van der Waals surface area contributed by atoms with E-state index in [0.29, 0.717) is 24.2 Å². The van der Waals surface area contributed by atoms with Crippen molar-refractivity contribution in [2.75, 3.05) is 24.5 Å². The number of imide groups is 1.